The third-order valence-corrected chi connectivity index (χ3v) is 4.49. The Labute approximate surface area is 94.6 Å². The molecule has 1 aromatic carbocycles. The van der Waals surface area contributed by atoms with E-state index in [9.17, 15) is 12.8 Å². The molecular weight excluding hydrogens is 229 g/mol. The predicted octanol–water partition coefficient (Wildman–Crippen LogP) is 1.19. The first-order valence-electron chi connectivity index (χ1n) is 5.18. The molecule has 1 heterocycles. The highest BCUT2D eigenvalue weighted by atomic mass is 32.2. The summed E-state index contributed by atoms with van der Waals surface area (Å²) in [6.07, 6.45) is 0. The van der Waals surface area contributed by atoms with E-state index in [0.29, 0.717) is 17.7 Å². The van der Waals surface area contributed by atoms with Crippen LogP contribution in [-0.4, -0.2) is 26.5 Å². The fourth-order valence-electron chi connectivity index (χ4n) is 1.82. The van der Waals surface area contributed by atoms with E-state index in [1.54, 1.807) is 19.1 Å². The lowest BCUT2D eigenvalue weighted by Gasteiger charge is -2.24. The van der Waals surface area contributed by atoms with Crippen LogP contribution in [0.1, 0.15) is 17.2 Å². The first-order chi connectivity index (χ1) is 7.48. The van der Waals surface area contributed by atoms with Crippen LogP contribution in [0, 0.1) is 12.7 Å². The van der Waals surface area contributed by atoms with Crippen molar-refractivity contribution in [2.75, 3.05) is 18.1 Å². The van der Waals surface area contributed by atoms with Gasteiger partial charge >= 0.3 is 0 Å². The van der Waals surface area contributed by atoms with Crippen LogP contribution in [0.3, 0.4) is 0 Å². The van der Waals surface area contributed by atoms with Gasteiger partial charge in [0.05, 0.1) is 11.5 Å². The minimum absolute atomic E-state index is 0.0511. The molecule has 1 saturated heterocycles. The molecule has 0 amide bonds. The molecule has 5 heteroatoms. The summed E-state index contributed by atoms with van der Waals surface area (Å²) in [5, 5.41) is 3.09. The van der Waals surface area contributed by atoms with E-state index >= 15 is 0 Å². The lowest BCUT2D eigenvalue weighted by Crippen LogP contribution is -2.39. The van der Waals surface area contributed by atoms with Crippen molar-refractivity contribution in [2.45, 2.75) is 13.0 Å². The van der Waals surface area contributed by atoms with Crippen LogP contribution in [0.4, 0.5) is 4.39 Å². The van der Waals surface area contributed by atoms with Crippen molar-refractivity contribution in [3.63, 3.8) is 0 Å². The standard InChI is InChI=1S/C11H14FNO2S/c1-8-2-3-9(6-10(8)12)11-7-16(14,15)5-4-13-11/h2-3,6,11,13H,4-5,7H2,1H3. The van der Waals surface area contributed by atoms with Crippen molar-refractivity contribution < 1.29 is 12.8 Å². The summed E-state index contributed by atoms with van der Waals surface area (Å²) in [7, 11) is -2.99. The molecule has 0 radical (unpaired) electrons. The van der Waals surface area contributed by atoms with Crippen LogP contribution in [0.5, 0.6) is 0 Å². The number of sulfone groups is 1. The highest BCUT2D eigenvalue weighted by Crippen LogP contribution is 2.20. The maximum atomic E-state index is 13.3. The molecule has 0 aliphatic carbocycles. The van der Waals surface area contributed by atoms with Gasteiger partial charge in [0.15, 0.2) is 9.84 Å². The Morgan fingerprint density at radius 3 is 2.81 bits per heavy atom. The third kappa shape index (κ3) is 2.41. The van der Waals surface area contributed by atoms with Gasteiger partial charge in [0.25, 0.3) is 0 Å². The summed E-state index contributed by atoms with van der Waals surface area (Å²) >= 11 is 0. The van der Waals surface area contributed by atoms with Crippen molar-refractivity contribution in [1.29, 1.82) is 0 Å². The topological polar surface area (TPSA) is 46.2 Å². The first kappa shape index (κ1) is 11.5. The Morgan fingerprint density at radius 2 is 2.19 bits per heavy atom. The van der Waals surface area contributed by atoms with Gasteiger partial charge in [0.2, 0.25) is 0 Å². The monoisotopic (exact) mass is 243 g/mol. The lowest BCUT2D eigenvalue weighted by molar-refractivity contribution is 0.527. The predicted molar refractivity (Wildman–Crippen MR) is 60.5 cm³/mol. The minimum atomic E-state index is -2.99. The summed E-state index contributed by atoms with van der Waals surface area (Å²) in [4.78, 5) is 0. The van der Waals surface area contributed by atoms with Crippen molar-refractivity contribution >= 4 is 9.84 Å². The maximum absolute atomic E-state index is 13.3. The number of hydrogen-bond acceptors (Lipinski definition) is 3. The van der Waals surface area contributed by atoms with Gasteiger partial charge in [0, 0.05) is 12.6 Å². The Kier molecular flexibility index (Phi) is 2.99. The van der Waals surface area contributed by atoms with E-state index in [2.05, 4.69) is 5.32 Å². The minimum Gasteiger partial charge on any atom is -0.308 e. The van der Waals surface area contributed by atoms with E-state index in [4.69, 9.17) is 0 Å². The summed E-state index contributed by atoms with van der Waals surface area (Å²) in [5.41, 5.74) is 1.27. The second-order valence-electron chi connectivity index (χ2n) is 4.13. The summed E-state index contributed by atoms with van der Waals surface area (Å²) < 4.78 is 36.3. The molecule has 1 atom stereocenters. The van der Waals surface area contributed by atoms with Gasteiger partial charge in [-0.05, 0) is 24.1 Å². The van der Waals surface area contributed by atoms with Gasteiger partial charge < -0.3 is 5.32 Å². The lowest BCUT2D eigenvalue weighted by atomic mass is 10.1. The molecule has 16 heavy (non-hydrogen) atoms. The largest absolute Gasteiger partial charge is 0.308 e. The average Bonchev–Trinajstić information content (AvgIpc) is 2.20. The molecule has 0 aromatic heterocycles. The highest BCUT2D eigenvalue weighted by Gasteiger charge is 2.25. The van der Waals surface area contributed by atoms with Crippen molar-refractivity contribution in [1.82, 2.24) is 5.32 Å². The third-order valence-electron chi connectivity index (χ3n) is 2.82. The van der Waals surface area contributed by atoms with Crippen molar-refractivity contribution in [3.8, 4) is 0 Å². The van der Waals surface area contributed by atoms with Crippen LogP contribution in [0.25, 0.3) is 0 Å². The zero-order valence-corrected chi connectivity index (χ0v) is 9.85. The number of benzene rings is 1. The second kappa shape index (κ2) is 4.14. The van der Waals surface area contributed by atoms with Crippen LogP contribution in [0.2, 0.25) is 0 Å². The molecule has 0 spiro atoms. The molecule has 1 unspecified atom stereocenters. The van der Waals surface area contributed by atoms with Crippen LogP contribution < -0.4 is 5.32 Å². The molecule has 3 nitrogen and oxygen atoms in total. The number of rotatable bonds is 1. The molecule has 0 bridgehead atoms. The van der Waals surface area contributed by atoms with E-state index in [0.717, 1.165) is 0 Å². The Morgan fingerprint density at radius 1 is 1.44 bits per heavy atom. The SMILES string of the molecule is Cc1ccc(C2CS(=O)(=O)CCN2)cc1F. The van der Waals surface area contributed by atoms with E-state index in [1.165, 1.54) is 6.07 Å². The first-order valence-corrected chi connectivity index (χ1v) is 7.00. The van der Waals surface area contributed by atoms with Gasteiger partial charge in [-0.1, -0.05) is 12.1 Å². The Hall–Kier alpha value is -0.940. The fourth-order valence-corrected chi connectivity index (χ4v) is 3.24. The normalized spacial score (nSPS) is 24.2. The Balaban J connectivity index is 2.27. The van der Waals surface area contributed by atoms with Crippen LogP contribution in [-0.2, 0) is 9.84 Å². The van der Waals surface area contributed by atoms with Gasteiger partial charge in [-0.25, -0.2) is 12.8 Å². The van der Waals surface area contributed by atoms with E-state index in [1.807, 2.05) is 0 Å². The molecular formula is C11H14FNO2S. The van der Waals surface area contributed by atoms with Crippen molar-refractivity contribution in [2.24, 2.45) is 0 Å². The smallest absolute Gasteiger partial charge is 0.153 e. The Bertz CT molecular complexity index is 499. The zero-order chi connectivity index (χ0) is 11.8. The molecule has 1 aromatic rings. The molecule has 0 saturated carbocycles. The highest BCUT2D eigenvalue weighted by molar-refractivity contribution is 7.91. The number of nitrogens with one attached hydrogen (secondary N) is 1. The number of halogens is 1. The second-order valence-corrected chi connectivity index (χ2v) is 6.36. The summed E-state index contributed by atoms with van der Waals surface area (Å²) in [6, 6.07) is 4.58. The van der Waals surface area contributed by atoms with Gasteiger partial charge in [-0.15, -0.1) is 0 Å². The molecule has 2 rings (SSSR count). The zero-order valence-electron chi connectivity index (χ0n) is 9.03. The molecule has 1 aliphatic rings. The van der Waals surface area contributed by atoms with Gasteiger partial charge in [-0.2, -0.15) is 0 Å². The molecule has 88 valence electrons. The maximum Gasteiger partial charge on any atom is 0.153 e. The quantitative estimate of drug-likeness (QED) is 0.806. The number of aryl methyl sites for hydroxylation is 1. The molecule has 1 N–H and O–H groups in total. The number of hydrogen-bond donors (Lipinski definition) is 1. The molecule has 1 aliphatic heterocycles. The van der Waals surface area contributed by atoms with Crippen molar-refractivity contribution in [3.05, 3.63) is 35.1 Å². The van der Waals surface area contributed by atoms with E-state index in [-0.39, 0.29) is 23.4 Å². The molecule has 1 fully saturated rings. The van der Waals surface area contributed by atoms with Crippen LogP contribution in [0.15, 0.2) is 18.2 Å². The summed E-state index contributed by atoms with van der Waals surface area (Å²) in [5.74, 6) is -0.0739. The van der Waals surface area contributed by atoms with Crippen LogP contribution >= 0.6 is 0 Å². The van der Waals surface area contributed by atoms with Gasteiger partial charge in [-0.3, -0.25) is 0 Å². The fraction of sp³-hybridized carbons (Fsp3) is 0.455. The van der Waals surface area contributed by atoms with Gasteiger partial charge in [0.1, 0.15) is 5.82 Å². The summed E-state index contributed by atoms with van der Waals surface area (Å²) in [6.45, 7) is 2.12. The average molecular weight is 243 g/mol. The van der Waals surface area contributed by atoms with E-state index < -0.39 is 9.84 Å².